The van der Waals surface area contributed by atoms with Gasteiger partial charge in [-0.3, -0.25) is 9.89 Å². The van der Waals surface area contributed by atoms with E-state index in [0.29, 0.717) is 18.5 Å². The number of benzene rings is 1. The van der Waals surface area contributed by atoms with Gasteiger partial charge in [0.2, 0.25) is 5.91 Å². The van der Waals surface area contributed by atoms with Crippen LogP contribution < -0.4 is 4.90 Å². The molecule has 138 valence electrons. The van der Waals surface area contributed by atoms with Gasteiger partial charge in [0.05, 0.1) is 31.5 Å². The minimum atomic E-state index is 0.258. The van der Waals surface area contributed by atoms with Gasteiger partial charge >= 0.3 is 0 Å². The summed E-state index contributed by atoms with van der Waals surface area (Å²) in [6.45, 7) is 6.18. The number of nitrogens with one attached hydrogen (secondary N) is 2. The SMILES string of the molecule is CC[NH+]1CCC[C@H]1CN(Cc1cn[nH]c1-c1ccccc1)C(=O)C1CC1. The molecule has 1 aromatic heterocycles. The van der Waals surface area contributed by atoms with Gasteiger partial charge in [0.25, 0.3) is 0 Å². The van der Waals surface area contributed by atoms with E-state index in [9.17, 15) is 4.79 Å². The van der Waals surface area contributed by atoms with Gasteiger partial charge in [-0.05, 0) is 25.3 Å². The Morgan fingerprint density at radius 1 is 1.27 bits per heavy atom. The average molecular weight is 353 g/mol. The number of hydrogen-bond acceptors (Lipinski definition) is 2. The summed E-state index contributed by atoms with van der Waals surface area (Å²) in [4.78, 5) is 16.7. The maximum atomic E-state index is 12.9. The molecule has 1 amide bonds. The standard InChI is InChI=1S/C21H28N4O/c1-2-24-12-6-9-19(24)15-25(21(26)17-10-11-17)14-18-13-22-23-20(18)16-7-4-3-5-8-16/h3-5,7-8,13,17,19H,2,6,9-12,14-15H2,1H3,(H,22,23)/p+1/t19-/m0/s1. The molecule has 0 bridgehead atoms. The van der Waals surface area contributed by atoms with Gasteiger partial charge in [-0.15, -0.1) is 0 Å². The molecule has 0 radical (unpaired) electrons. The Kier molecular flexibility index (Phi) is 5.07. The van der Waals surface area contributed by atoms with Gasteiger partial charge < -0.3 is 9.80 Å². The summed E-state index contributed by atoms with van der Waals surface area (Å²) in [7, 11) is 0. The summed E-state index contributed by atoms with van der Waals surface area (Å²) in [6, 6.07) is 10.8. The Balaban J connectivity index is 1.54. The molecule has 1 aliphatic heterocycles. The first-order chi connectivity index (χ1) is 12.8. The Bertz CT molecular complexity index is 737. The van der Waals surface area contributed by atoms with E-state index in [2.05, 4.69) is 34.2 Å². The van der Waals surface area contributed by atoms with Crippen molar-refractivity contribution in [2.75, 3.05) is 19.6 Å². The van der Waals surface area contributed by atoms with E-state index in [1.165, 1.54) is 19.4 Å². The highest BCUT2D eigenvalue weighted by Gasteiger charge is 2.37. The van der Waals surface area contributed by atoms with E-state index in [-0.39, 0.29) is 5.92 Å². The predicted molar refractivity (Wildman–Crippen MR) is 102 cm³/mol. The predicted octanol–water partition coefficient (Wildman–Crippen LogP) is 1.88. The van der Waals surface area contributed by atoms with Gasteiger partial charge in [-0.2, -0.15) is 5.10 Å². The van der Waals surface area contributed by atoms with E-state index in [4.69, 9.17) is 0 Å². The molecule has 5 nitrogen and oxygen atoms in total. The van der Waals surface area contributed by atoms with Gasteiger partial charge in [0.15, 0.2) is 0 Å². The molecule has 2 atom stereocenters. The lowest BCUT2D eigenvalue weighted by Gasteiger charge is -2.28. The molecular formula is C21H29N4O+. The molecule has 1 saturated carbocycles. The number of quaternary nitrogens is 1. The van der Waals surface area contributed by atoms with Crippen molar-refractivity contribution in [1.29, 1.82) is 0 Å². The monoisotopic (exact) mass is 353 g/mol. The van der Waals surface area contributed by atoms with E-state index in [1.807, 2.05) is 24.4 Å². The van der Waals surface area contributed by atoms with Crippen molar-refractivity contribution >= 4 is 5.91 Å². The van der Waals surface area contributed by atoms with Crippen molar-refractivity contribution in [3.05, 3.63) is 42.1 Å². The Morgan fingerprint density at radius 2 is 2.08 bits per heavy atom. The zero-order chi connectivity index (χ0) is 17.9. The number of amides is 1. The van der Waals surface area contributed by atoms with Crippen LogP contribution in [0.15, 0.2) is 36.5 Å². The number of aromatic nitrogens is 2. The molecule has 0 spiro atoms. The second kappa shape index (κ2) is 7.62. The normalized spacial score (nSPS) is 22.5. The smallest absolute Gasteiger partial charge is 0.226 e. The van der Waals surface area contributed by atoms with Crippen LogP contribution in [-0.2, 0) is 11.3 Å². The number of rotatable bonds is 7. The van der Waals surface area contributed by atoms with Crippen LogP contribution >= 0.6 is 0 Å². The van der Waals surface area contributed by atoms with Gasteiger partial charge in [0.1, 0.15) is 6.04 Å². The summed E-state index contributed by atoms with van der Waals surface area (Å²) in [5.74, 6) is 0.598. The molecule has 1 aliphatic carbocycles. The second-order valence-corrected chi connectivity index (χ2v) is 7.73. The van der Waals surface area contributed by atoms with Gasteiger partial charge in [-0.25, -0.2) is 0 Å². The number of likely N-dealkylation sites (N-methyl/N-ethyl adjacent to an activating group) is 1. The summed E-state index contributed by atoms with van der Waals surface area (Å²) in [5, 5.41) is 7.40. The number of hydrogen-bond donors (Lipinski definition) is 2. The van der Waals surface area contributed by atoms with Crippen molar-refractivity contribution < 1.29 is 9.69 Å². The number of nitrogens with zero attached hydrogens (tertiary/aromatic N) is 2. The highest BCUT2D eigenvalue weighted by atomic mass is 16.2. The quantitative estimate of drug-likeness (QED) is 0.799. The fourth-order valence-corrected chi connectivity index (χ4v) is 4.25. The number of H-pyrrole nitrogens is 1. The third-order valence-electron chi connectivity index (χ3n) is 5.90. The largest absolute Gasteiger partial charge is 0.332 e. The Labute approximate surface area is 155 Å². The van der Waals surface area contributed by atoms with Crippen LogP contribution in [0.5, 0.6) is 0 Å². The van der Waals surface area contributed by atoms with Crippen LogP contribution in [0.4, 0.5) is 0 Å². The fraction of sp³-hybridized carbons (Fsp3) is 0.524. The lowest BCUT2D eigenvalue weighted by Crippen LogP contribution is -3.14. The van der Waals surface area contributed by atoms with Crippen molar-refractivity contribution in [3.8, 4) is 11.3 Å². The first kappa shape index (κ1) is 17.3. The number of carbonyl (C=O) groups excluding carboxylic acids is 1. The number of aromatic amines is 1. The highest BCUT2D eigenvalue weighted by molar-refractivity contribution is 5.81. The van der Waals surface area contributed by atoms with Crippen molar-refractivity contribution in [2.24, 2.45) is 5.92 Å². The molecule has 2 fully saturated rings. The van der Waals surface area contributed by atoms with Crippen molar-refractivity contribution in [3.63, 3.8) is 0 Å². The second-order valence-electron chi connectivity index (χ2n) is 7.73. The molecule has 2 aliphatic rings. The van der Waals surface area contributed by atoms with Crippen LogP contribution in [-0.4, -0.2) is 46.7 Å². The topological polar surface area (TPSA) is 53.4 Å². The maximum absolute atomic E-state index is 12.9. The molecule has 4 rings (SSSR count). The van der Waals surface area contributed by atoms with Gasteiger partial charge in [0, 0.05) is 30.9 Å². The first-order valence-corrected chi connectivity index (χ1v) is 9.97. The summed E-state index contributed by atoms with van der Waals surface area (Å²) < 4.78 is 0. The Hall–Kier alpha value is -2.14. The molecule has 26 heavy (non-hydrogen) atoms. The number of likely N-dealkylation sites (tertiary alicyclic amines) is 1. The van der Waals surface area contributed by atoms with E-state index in [1.54, 1.807) is 4.90 Å². The minimum Gasteiger partial charge on any atom is -0.332 e. The van der Waals surface area contributed by atoms with Crippen LogP contribution in [0.2, 0.25) is 0 Å². The summed E-state index contributed by atoms with van der Waals surface area (Å²) >= 11 is 0. The van der Waals surface area contributed by atoms with Crippen LogP contribution in [0.25, 0.3) is 11.3 Å². The zero-order valence-corrected chi connectivity index (χ0v) is 15.6. The van der Waals surface area contributed by atoms with E-state index in [0.717, 1.165) is 42.8 Å². The van der Waals surface area contributed by atoms with Crippen LogP contribution in [0.1, 0.15) is 38.2 Å². The van der Waals surface area contributed by atoms with Gasteiger partial charge in [-0.1, -0.05) is 30.3 Å². The van der Waals surface area contributed by atoms with Crippen molar-refractivity contribution in [2.45, 2.75) is 45.2 Å². The molecule has 1 saturated heterocycles. The molecule has 2 aromatic rings. The van der Waals surface area contributed by atoms with E-state index >= 15 is 0 Å². The van der Waals surface area contributed by atoms with E-state index < -0.39 is 0 Å². The highest BCUT2D eigenvalue weighted by Crippen LogP contribution is 2.32. The molecular weight excluding hydrogens is 324 g/mol. The minimum absolute atomic E-state index is 0.258. The van der Waals surface area contributed by atoms with Crippen molar-refractivity contribution in [1.82, 2.24) is 15.1 Å². The molecule has 1 aromatic carbocycles. The third-order valence-corrected chi connectivity index (χ3v) is 5.90. The lowest BCUT2D eigenvalue weighted by molar-refractivity contribution is -0.909. The lowest BCUT2D eigenvalue weighted by atomic mass is 10.1. The molecule has 2 heterocycles. The molecule has 5 heteroatoms. The molecule has 2 N–H and O–H groups in total. The maximum Gasteiger partial charge on any atom is 0.226 e. The summed E-state index contributed by atoms with van der Waals surface area (Å²) in [5.41, 5.74) is 3.27. The Morgan fingerprint density at radius 3 is 2.81 bits per heavy atom. The third kappa shape index (κ3) is 3.68. The van der Waals surface area contributed by atoms with Crippen LogP contribution in [0.3, 0.4) is 0 Å². The number of carbonyl (C=O) groups is 1. The van der Waals surface area contributed by atoms with Crippen LogP contribution in [0, 0.1) is 5.92 Å². The average Bonchev–Trinajstić information content (AvgIpc) is 3.26. The fourth-order valence-electron chi connectivity index (χ4n) is 4.25. The zero-order valence-electron chi connectivity index (χ0n) is 15.6. The first-order valence-electron chi connectivity index (χ1n) is 9.97. The molecule has 1 unspecified atom stereocenters. The summed E-state index contributed by atoms with van der Waals surface area (Å²) in [6.07, 6.45) is 6.51.